The Morgan fingerprint density at radius 2 is 1.87 bits per heavy atom. The number of nitrogens with zero attached hydrogens (tertiary/aromatic N) is 6. The highest BCUT2D eigenvalue weighted by atomic mass is 32.2. The van der Waals surface area contributed by atoms with Crippen LogP contribution in [0.1, 0.15) is 40.7 Å². The first kappa shape index (κ1) is 30.1. The Balaban J connectivity index is 1.19. The number of alkyl halides is 1. The quantitative estimate of drug-likeness (QED) is 0.256. The van der Waals surface area contributed by atoms with Gasteiger partial charge in [-0.1, -0.05) is 6.07 Å². The SMILES string of the molecule is Cc1cc(N2CCCS2(=O)=O)ccc1-c1ccc2cc(-c3nc4cc5c(cc4n3C)CCN(CC(N)CF)C5=O)n(CC3CC3)c2n1. The largest absolute Gasteiger partial charge is 0.337 e. The number of amides is 1. The number of imidazole rings is 1. The van der Waals surface area contributed by atoms with Gasteiger partial charge in [0.15, 0.2) is 5.82 Å². The van der Waals surface area contributed by atoms with Gasteiger partial charge in [-0.05, 0) is 92.1 Å². The molecule has 2 aromatic carbocycles. The molecule has 1 aliphatic carbocycles. The van der Waals surface area contributed by atoms with Crippen LogP contribution in [0.15, 0.2) is 48.5 Å². The fourth-order valence-electron chi connectivity index (χ4n) is 7.18. The summed E-state index contributed by atoms with van der Waals surface area (Å²) in [5.41, 5.74) is 14.4. The maximum Gasteiger partial charge on any atom is 0.254 e. The number of hydrogen-bond acceptors (Lipinski definition) is 6. The minimum atomic E-state index is -3.26. The Morgan fingerprint density at radius 1 is 1.04 bits per heavy atom. The molecule has 5 aromatic rings. The van der Waals surface area contributed by atoms with Gasteiger partial charge >= 0.3 is 0 Å². The summed E-state index contributed by atoms with van der Waals surface area (Å²) >= 11 is 0. The number of rotatable bonds is 8. The minimum Gasteiger partial charge on any atom is -0.337 e. The molecule has 1 saturated carbocycles. The van der Waals surface area contributed by atoms with Crippen molar-refractivity contribution in [3.63, 3.8) is 0 Å². The third-order valence-corrected chi connectivity index (χ3v) is 11.8. The van der Waals surface area contributed by atoms with Crippen LogP contribution in [0.3, 0.4) is 0 Å². The summed E-state index contributed by atoms with van der Waals surface area (Å²) in [5, 5.41) is 1.02. The summed E-state index contributed by atoms with van der Waals surface area (Å²) < 4.78 is 44.0. The maximum absolute atomic E-state index is 13.3. The van der Waals surface area contributed by atoms with Crippen molar-refractivity contribution in [1.29, 1.82) is 0 Å². The van der Waals surface area contributed by atoms with Gasteiger partial charge in [0.05, 0.1) is 39.9 Å². The number of carbonyl (C=O) groups is 1. The molecule has 8 rings (SSSR count). The standard InChI is InChI=1S/C35H38FN7O3S/c1-21-14-26(43-11-3-13-47(43,45)46)7-8-27(21)29-9-6-24-16-32(42(33(24)38-29)19-22-4-5-22)34-39-30-17-28-23(15-31(30)40(34)2)10-12-41(35(28)44)20-25(37)18-36/h6-9,14-17,22,25H,3-5,10-13,18-20,37H2,1-2H3. The molecule has 0 bridgehead atoms. The maximum atomic E-state index is 13.3. The van der Waals surface area contributed by atoms with Crippen molar-refractivity contribution in [3.8, 4) is 22.8 Å². The van der Waals surface area contributed by atoms with Crippen LogP contribution < -0.4 is 10.0 Å². The molecule has 1 atom stereocenters. The lowest BCUT2D eigenvalue weighted by Crippen LogP contribution is -2.45. The van der Waals surface area contributed by atoms with Crippen molar-refractivity contribution >= 4 is 43.7 Å². The Bertz CT molecular complexity index is 2190. The Hall–Kier alpha value is -4.29. The van der Waals surface area contributed by atoms with Crippen LogP contribution in [0.25, 0.3) is 44.8 Å². The lowest BCUT2D eigenvalue weighted by Gasteiger charge is -2.30. The van der Waals surface area contributed by atoms with Crippen molar-refractivity contribution in [2.45, 2.75) is 45.2 Å². The van der Waals surface area contributed by atoms with Crippen LogP contribution in [0.2, 0.25) is 0 Å². The van der Waals surface area contributed by atoms with E-state index in [4.69, 9.17) is 15.7 Å². The molecule has 2 aliphatic heterocycles. The summed E-state index contributed by atoms with van der Waals surface area (Å²) in [6, 6.07) is 15.3. The highest BCUT2D eigenvalue weighted by Crippen LogP contribution is 2.38. The van der Waals surface area contributed by atoms with Crippen LogP contribution in [0.5, 0.6) is 0 Å². The number of sulfonamides is 1. The molecular weight excluding hydrogens is 617 g/mol. The zero-order valence-corrected chi connectivity index (χ0v) is 27.4. The Labute approximate surface area is 273 Å². The van der Waals surface area contributed by atoms with Crippen LogP contribution in [-0.2, 0) is 30.0 Å². The van der Waals surface area contributed by atoms with E-state index in [0.717, 1.165) is 62.5 Å². The number of fused-ring (bicyclic) bond motifs is 3. The highest BCUT2D eigenvalue weighted by molar-refractivity contribution is 7.93. The number of benzene rings is 2. The third-order valence-electron chi connectivity index (χ3n) is 9.91. The van der Waals surface area contributed by atoms with Gasteiger partial charge in [-0.2, -0.15) is 0 Å². The van der Waals surface area contributed by atoms with E-state index in [1.165, 1.54) is 17.1 Å². The second-order valence-corrected chi connectivity index (χ2v) is 15.4. The van der Waals surface area contributed by atoms with E-state index in [9.17, 15) is 17.6 Å². The van der Waals surface area contributed by atoms with Crippen LogP contribution in [0.4, 0.5) is 10.1 Å². The molecule has 244 valence electrons. The number of nitrogens with two attached hydrogens (primary N) is 1. The molecule has 1 amide bonds. The van der Waals surface area contributed by atoms with Gasteiger partial charge in [0, 0.05) is 49.7 Å². The van der Waals surface area contributed by atoms with Crippen LogP contribution in [-0.4, -0.2) is 76.4 Å². The molecule has 1 saturated heterocycles. The summed E-state index contributed by atoms with van der Waals surface area (Å²) in [4.78, 5) is 25.2. The smallest absolute Gasteiger partial charge is 0.254 e. The zero-order valence-electron chi connectivity index (χ0n) is 26.6. The first-order chi connectivity index (χ1) is 22.6. The van der Waals surface area contributed by atoms with Crippen molar-refractivity contribution in [2.24, 2.45) is 18.7 Å². The van der Waals surface area contributed by atoms with Gasteiger partial charge in [-0.15, -0.1) is 0 Å². The number of hydrogen-bond donors (Lipinski definition) is 1. The molecule has 10 nitrogen and oxygen atoms in total. The number of carbonyl (C=O) groups excluding carboxylic acids is 1. The summed E-state index contributed by atoms with van der Waals surface area (Å²) in [6.07, 6.45) is 3.68. The van der Waals surface area contributed by atoms with E-state index in [1.54, 1.807) is 4.90 Å². The van der Waals surface area contributed by atoms with E-state index in [1.807, 2.05) is 44.3 Å². The first-order valence-electron chi connectivity index (χ1n) is 16.3. The average molecular weight is 656 g/mol. The molecular formula is C35H38FN7O3S. The Kier molecular flexibility index (Phi) is 7.14. The zero-order chi connectivity index (χ0) is 32.6. The molecule has 47 heavy (non-hydrogen) atoms. The number of anilines is 1. The van der Waals surface area contributed by atoms with E-state index in [0.29, 0.717) is 43.1 Å². The minimum absolute atomic E-state index is 0.130. The van der Waals surface area contributed by atoms with Crippen LogP contribution in [0, 0.1) is 12.8 Å². The van der Waals surface area contributed by atoms with E-state index in [2.05, 4.69) is 27.3 Å². The molecule has 0 radical (unpaired) electrons. The number of pyridine rings is 1. The normalized spacial score (nSPS) is 18.4. The second kappa shape index (κ2) is 11.2. The van der Waals surface area contributed by atoms with Gasteiger partial charge in [-0.3, -0.25) is 9.10 Å². The van der Waals surface area contributed by atoms with Gasteiger partial charge in [0.1, 0.15) is 12.3 Å². The van der Waals surface area contributed by atoms with Crippen molar-refractivity contribution < 1.29 is 17.6 Å². The molecule has 2 N–H and O–H groups in total. The molecule has 0 spiro atoms. The summed E-state index contributed by atoms with van der Waals surface area (Å²) in [7, 11) is -1.24. The number of aryl methyl sites for hydroxylation is 2. The first-order valence-corrected chi connectivity index (χ1v) is 17.9. The van der Waals surface area contributed by atoms with Gasteiger partial charge in [0.2, 0.25) is 10.0 Å². The van der Waals surface area contributed by atoms with Crippen molar-refractivity contribution in [3.05, 3.63) is 65.2 Å². The molecule has 2 fully saturated rings. The average Bonchev–Trinajstić information content (AvgIpc) is 3.60. The predicted octanol–water partition coefficient (Wildman–Crippen LogP) is 4.81. The fourth-order valence-corrected chi connectivity index (χ4v) is 8.73. The number of halogens is 1. The number of aromatic nitrogens is 4. The molecule has 3 aromatic heterocycles. The van der Waals surface area contributed by atoms with Crippen molar-refractivity contribution in [1.82, 2.24) is 24.0 Å². The lowest BCUT2D eigenvalue weighted by molar-refractivity contribution is 0.0725. The summed E-state index contributed by atoms with van der Waals surface area (Å²) in [6.45, 7) is 3.39. The molecule has 5 heterocycles. The third kappa shape index (κ3) is 5.18. The van der Waals surface area contributed by atoms with E-state index >= 15 is 0 Å². The topological polar surface area (TPSA) is 119 Å². The summed E-state index contributed by atoms with van der Waals surface area (Å²) in [5.74, 6) is 1.45. The fraction of sp³-hybridized carbons (Fsp3) is 0.400. The predicted molar refractivity (Wildman–Crippen MR) is 182 cm³/mol. The second-order valence-electron chi connectivity index (χ2n) is 13.3. The molecule has 3 aliphatic rings. The molecule has 12 heteroatoms. The van der Waals surface area contributed by atoms with Crippen molar-refractivity contribution in [2.75, 3.05) is 36.4 Å². The highest BCUT2D eigenvalue weighted by Gasteiger charge is 2.30. The Morgan fingerprint density at radius 3 is 2.60 bits per heavy atom. The van der Waals surface area contributed by atoms with Gasteiger partial charge < -0.3 is 19.8 Å². The lowest BCUT2D eigenvalue weighted by atomic mass is 9.97. The van der Waals surface area contributed by atoms with Gasteiger partial charge in [0.25, 0.3) is 5.91 Å². The van der Waals surface area contributed by atoms with Gasteiger partial charge in [-0.25, -0.2) is 22.8 Å². The van der Waals surface area contributed by atoms with Crippen LogP contribution >= 0.6 is 0 Å². The van der Waals surface area contributed by atoms with E-state index in [-0.39, 0.29) is 18.2 Å². The monoisotopic (exact) mass is 655 g/mol. The van der Waals surface area contributed by atoms with E-state index < -0.39 is 22.7 Å². The molecule has 1 unspecified atom stereocenters.